The number of fused-ring (bicyclic) bond motifs is 1. The van der Waals surface area contributed by atoms with Crippen LogP contribution in [0.2, 0.25) is 5.02 Å². The number of halogens is 1. The zero-order valence-corrected chi connectivity index (χ0v) is 11.6. The summed E-state index contributed by atoms with van der Waals surface area (Å²) in [5, 5.41) is 9.89. The molecular weight excluding hydrogens is 272 g/mol. The van der Waals surface area contributed by atoms with Crippen LogP contribution in [0.3, 0.4) is 0 Å². The van der Waals surface area contributed by atoms with Crippen LogP contribution in [0.25, 0.3) is 0 Å². The third kappa shape index (κ3) is 2.43. The number of anilines is 1. The molecule has 0 amide bonds. The highest BCUT2D eigenvalue weighted by molar-refractivity contribution is 6.30. The number of hydrogen-bond acceptors (Lipinski definition) is 3. The minimum atomic E-state index is 0.592. The molecule has 3 rings (SSSR count). The molecule has 0 unspecified atom stereocenters. The summed E-state index contributed by atoms with van der Waals surface area (Å²) in [7, 11) is 0. The molecule has 0 atom stereocenters. The molecule has 1 aliphatic rings. The van der Waals surface area contributed by atoms with Crippen LogP contribution in [0.1, 0.15) is 11.1 Å². The van der Waals surface area contributed by atoms with Crippen LogP contribution >= 0.6 is 11.6 Å². The fourth-order valence-electron chi connectivity index (χ4n) is 2.39. The second kappa shape index (κ2) is 5.44. The van der Waals surface area contributed by atoms with Gasteiger partial charge < -0.3 is 9.64 Å². The molecule has 3 nitrogen and oxygen atoms in total. The minimum Gasteiger partial charge on any atom is -0.491 e. The Morgan fingerprint density at radius 1 is 1.20 bits per heavy atom. The van der Waals surface area contributed by atoms with Crippen molar-refractivity contribution in [3.63, 3.8) is 0 Å². The van der Waals surface area contributed by atoms with E-state index in [4.69, 9.17) is 16.3 Å². The van der Waals surface area contributed by atoms with Gasteiger partial charge in [-0.3, -0.25) is 0 Å². The molecule has 0 spiro atoms. The Hall–Kier alpha value is -2.18. The normalized spacial score (nSPS) is 13.9. The number of benzene rings is 2. The summed E-state index contributed by atoms with van der Waals surface area (Å²) in [6.07, 6.45) is 0. The molecule has 20 heavy (non-hydrogen) atoms. The van der Waals surface area contributed by atoms with Gasteiger partial charge in [0.1, 0.15) is 18.4 Å². The number of hydrogen-bond donors (Lipinski definition) is 0. The van der Waals surface area contributed by atoms with Crippen LogP contribution in [0.15, 0.2) is 42.5 Å². The molecule has 1 heterocycles. The fourth-order valence-corrected chi connectivity index (χ4v) is 2.56. The van der Waals surface area contributed by atoms with Crippen molar-refractivity contribution in [2.24, 2.45) is 0 Å². The molecule has 0 fully saturated rings. The molecule has 1 aliphatic heterocycles. The number of nitrogens with zero attached hydrogens (tertiary/aromatic N) is 2. The van der Waals surface area contributed by atoms with Gasteiger partial charge in [0.05, 0.1) is 17.8 Å². The maximum absolute atomic E-state index is 9.25. The van der Waals surface area contributed by atoms with E-state index in [1.807, 2.05) is 30.3 Å². The van der Waals surface area contributed by atoms with Crippen molar-refractivity contribution in [2.45, 2.75) is 6.54 Å². The Bertz CT molecular complexity index is 678. The Morgan fingerprint density at radius 2 is 2.05 bits per heavy atom. The van der Waals surface area contributed by atoms with E-state index in [1.165, 1.54) is 0 Å². The summed E-state index contributed by atoms with van der Waals surface area (Å²) >= 11 is 6.07. The summed E-state index contributed by atoms with van der Waals surface area (Å²) in [6.45, 7) is 2.03. The molecule has 100 valence electrons. The average Bonchev–Trinajstić information content (AvgIpc) is 2.69. The van der Waals surface area contributed by atoms with Crippen LogP contribution in [-0.4, -0.2) is 13.2 Å². The second-order valence-corrected chi connectivity index (χ2v) is 5.09. The van der Waals surface area contributed by atoms with E-state index in [9.17, 15) is 5.26 Å². The van der Waals surface area contributed by atoms with E-state index < -0.39 is 0 Å². The fraction of sp³-hybridized carbons (Fsp3) is 0.188. The third-order valence-corrected chi connectivity index (χ3v) is 3.61. The maximum Gasteiger partial charge on any atom is 0.124 e. The average molecular weight is 285 g/mol. The van der Waals surface area contributed by atoms with E-state index in [2.05, 4.69) is 11.0 Å². The Balaban J connectivity index is 2.00. The highest BCUT2D eigenvalue weighted by Gasteiger charge is 2.18. The van der Waals surface area contributed by atoms with Gasteiger partial charge in [-0.1, -0.05) is 29.8 Å². The lowest BCUT2D eigenvalue weighted by Crippen LogP contribution is -2.26. The third-order valence-electron chi connectivity index (χ3n) is 3.37. The van der Waals surface area contributed by atoms with Crippen LogP contribution < -0.4 is 9.64 Å². The quantitative estimate of drug-likeness (QED) is 0.802. The van der Waals surface area contributed by atoms with Gasteiger partial charge in [0.15, 0.2) is 0 Å². The highest BCUT2D eigenvalue weighted by Crippen LogP contribution is 2.29. The van der Waals surface area contributed by atoms with Crippen LogP contribution in [0.4, 0.5) is 5.69 Å². The molecule has 0 aromatic heterocycles. The molecule has 0 bridgehead atoms. The van der Waals surface area contributed by atoms with E-state index in [1.54, 1.807) is 12.1 Å². The maximum atomic E-state index is 9.25. The van der Waals surface area contributed by atoms with Gasteiger partial charge in [-0.15, -0.1) is 0 Å². The predicted molar refractivity (Wildman–Crippen MR) is 79.2 cm³/mol. The standard InChI is InChI=1S/C16H13ClN2O/c17-14-6-5-12(10-18)15(9-14)19-7-8-20-16-4-2-1-3-13(16)11-19/h1-6,9H,7-8,11H2. The van der Waals surface area contributed by atoms with Crippen molar-refractivity contribution in [1.82, 2.24) is 0 Å². The summed E-state index contributed by atoms with van der Waals surface area (Å²) in [6, 6.07) is 15.5. The number of nitriles is 1. The van der Waals surface area contributed by atoms with Gasteiger partial charge in [-0.05, 0) is 24.3 Å². The molecule has 0 N–H and O–H groups in total. The van der Waals surface area contributed by atoms with E-state index in [0.717, 1.165) is 23.5 Å². The van der Waals surface area contributed by atoms with Gasteiger partial charge in [0.25, 0.3) is 0 Å². The second-order valence-electron chi connectivity index (χ2n) is 4.65. The van der Waals surface area contributed by atoms with Crippen molar-refractivity contribution in [3.8, 4) is 11.8 Å². The van der Waals surface area contributed by atoms with Crippen LogP contribution in [0.5, 0.6) is 5.75 Å². The Labute approximate surface area is 123 Å². The summed E-state index contributed by atoms with van der Waals surface area (Å²) < 4.78 is 5.75. The van der Waals surface area contributed by atoms with E-state index in [0.29, 0.717) is 23.7 Å². The lowest BCUT2D eigenvalue weighted by molar-refractivity contribution is 0.331. The largest absolute Gasteiger partial charge is 0.491 e. The molecule has 0 saturated carbocycles. The van der Waals surface area contributed by atoms with Crippen molar-refractivity contribution < 1.29 is 4.74 Å². The summed E-state index contributed by atoms with van der Waals surface area (Å²) in [5.74, 6) is 0.913. The monoisotopic (exact) mass is 284 g/mol. The van der Waals surface area contributed by atoms with Crippen molar-refractivity contribution in [3.05, 3.63) is 58.6 Å². The first-order valence-corrected chi connectivity index (χ1v) is 6.81. The molecule has 0 saturated heterocycles. The molecular formula is C16H13ClN2O. The first kappa shape index (κ1) is 12.8. The van der Waals surface area contributed by atoms with Crippen molar-refractivity contribution >= 4 is 17.3 Å². The summed E-state index contributed by atoms with van der Waals surface area (Å²) in [5.41, 5.74) is 2.61. The molecule has 2 aromatic rings. The lowest BCUT2D eigenvalue weighted by atomic mass is 10.1. The smallest absolute Gasteiger partial charge is 0.124 e. The Morgan fingerprint density at radius 3 is 2.90 bits per heavy atom. The van der Waals surface area contributed by atoms with Crippen LogP contribution in [0, 0.1) is 11.3 Å². The topological polar surface area (TPSA) is 36.3 Å². The molecule has 2 aromatic carbocycles. The van der Waals surface area contributed by atoms with E-state index >= 15 is 0 Å². The van der Waals surface area contributed by atoms with Crippen molar-refractivity contribution in [1.29, 1.82) is 5.26 Å². The zero-order valence-electron chi connectivity index (χ0n) is 10.8. The first-order chi connectivity index (χ1) is 9.78. The Kier molecular flexibility index (Phi) is 3.49. The number of ether oxygens (including phenoxy) is 1. The van der Waals surface area contributed by atoms with Gasteiger partial charge in [-0.25, -0.2) is 0 Å². The SMILES string of the molecule is N#Cc1ccc(Cl)cc1N1CCOc2ccccc2C1. The zero-order chi connectivity index (χ0) is 13.9. The molecule has 4 heteroatoms. The van der Waals surface area contributed by atoms with Crippen LogP contribution in [-0.2, 0) is 6.54 Å². The van der Waals surface area contributed by atoms with Crippen molar-refractivity contribution in [2.75, 3.05) is 18.1 Å². The first-order valence-electron chi connectivity index (χ1n) is 6.43. The van der Waals surface area contributed by atoms with Gasteiger partial charge in [-0.2, -0.15) is 5.26 Å². The van der Waals surface area contributed by atoms with Gasteiger partial charge in [0.2, 0.25) is 0 Å². The van der Waals surface area contributed by atoms with Gasteiger partial charge in [0, 0.05) is 17.1 Å². The number of rotatable bonds is 1. The minimum absolute atomic E-state index is 0.592. The molecule has 0 aliphatic carbocycles. The van der Waals surface area contributed by atoms with Gasteiger partial charge >= 0.3 is 0 Å². The predicted octanol–water partition coefficient (Wildman–Crippen LogP) is 3.61. The number of para-hydroxylation sites is 1. The summed E-state index contributed by atoms with van der Waals surface area (Å²) in [4.78, 5) is 2.14. The van der Waals surface area contributed by atoms with E-state index in [-0.39, 0.29) is 0 Å². The lowest BCUT2D eigenvalue weighted by Gasteiger charge is -2.23. The highest BCUT2D eigenvalue weighted by atomic mass is 35.5. The molecule has 0 radical (unpaired) electrons.